The molecule has 0 fully saturated rings. The number of benzene rings is 2. The van der Waals surface area contributed by atoms with Gasteiger partial charge < -0.3 is 18.2 Å². The van der Waals surface area contributed by atoms with Gasteiger partial charge in [0.1, 0.15) is 0 Å². The summed E-state index contributed by atoms with van der Waals surface area (Å²) in [6.45, 7) is 12.8. The summed E-state index contributed by atoms with van der Waals surface area (Å²) in [7, 11) is 0. The van der Waals surface area contributed by atoms with Crippen LogP contribution in [0.15, 0.2) is 36.4 Å². The van der Waals surface area contributed by atoms with Gasteiger partial charge in [-0.1, -0.05) is 69.8 Å². The molecule has 7 heteroatoms. The van der Waals surface area contributed by atoms with Crippen LogP contribution in [0.4, 0.5) is 11.6 Å². The monoisotopic (exact) mass is 482 g/mol. The van der Waals surface area contributed by atoms with Crippen molar-refractivity contribution in [2.24, 2.45) is 0 Å². The Bertz CT molecular complexity index is 696. The van der Waals surface area contributed by atoms with Crippen molar-refractivity contribution in [3.05, 3.63) is 79.2 Å². The van der Waals surface area contributed by atoms with Gasteiger partial charge in [-0.2, -0.15) is 11.7 Å². The fraction of sp³-hybridized carbons (Fsp3) is 0.300. The van der Waals surface area contributed by atoms with E-state index < -0.39 is 0 Å². The van der Waals surface area contributed by atoms with Gasteiger partial charge in [0.15, 0.2) is 0 Å². The number of hydrogen-bond acceptors (Lipinski definition) is 4. The predicted molar refractivity (Wildman–Crippen MR) is 115 cm³/mol. The zero-order valence-electron chi connectivity index (χ0n) is 16.5. The fourth-order valence-electron chi connectivity index (χ4n) is 2.80. The van der Waals surface area contributed by atoms with Crippen molar-refractivity contribution in [2.75, 3.05) is 0 Å². The first-order valence-corrected chi connectivity index (χ1v) is 9.80. The second-order valence-electron chi connectivity index (χ2n) is 6.51. The molecule has 0 N–H and O–H groups in total. The van der Waals surface area contributed by atoms with Crippen LogP contribution in [0.3, 0.4) is 0 Å². The Balaban J connectivity index is 0.000000199. The fourth-order valence-corrected chi connectivity index (χ4v) is 3.78. The number of aryl methyl sites for hydroxylation is 6. The van der Waals surface area contributed by atoms with Crippen LogP contribution in [0, 0.1) is 41.5 Å². The molecule has 0 radical (unpaired) electrons. The maximum atomic E-state index is 3.85. The molecule has 1 aliphatic rings. The van der Waals surface area contributed by atoms with Crippen molar-refractivity contribution in [3.63, 3.8) is 0 Å². The molecule has 2 aromatic carbocycles. The maximum absolute atomic E-state index is 3.85. The third kappa shape index (κ3) is 8.46. The summed E-state index contributed by atoms with van der Waals surface area (Å²) in [5.74, 6) is 1.33. The molecule has 27 heavy (non-hydrogen) atoms. The molecule has 142 valence electrons. The van der Waals surface area contributed by atoms with Crippen molar-refractivity contribution in [2.45, 2.75) is 41.5 Å². The van der Waals surface area contributed by atoms with Crippen LogP contribution in [0.1, 0.15) is 33.4 Å². The standard InChI is InChI=1S/2C9H12.C2N4S2.Mo/c2*1-7-4-8(2)6-9(3)5-7;3-1-2(5-7-3)6-8-4-1;/h2*4-6H,1-3H3;;/q;;-2;+2. The van der Waals surface area contributed by atoms with Crippen LogP contribution in [-0.4, -0.2) is 8.75 Å². The average molecular weight is 481 g/mol. The second kappa shape index (κ2) is 11.5. The molecule has 0 aliphatic carbocycles. The van der Waals surface area contributed by atoms with Gasteiger partial charge in [0.05, 0.1) is 0 Å². The summed E-state index contributed by atoms with van der Waals surface area (Å²) in [5, 5.41) is 0. The van der Waals surface area contributed by atoms with Gasteiger partial charge >= 0.3 is 21.1 Å². The summed E-state index contributed by atoms with van der Waals surface area (Å²) in [6.07, 6.45) is 0. The van der Waals surface area contributed by atoms with E-state index in [1.807, 2.05) is 0 Å². The summed E-state index contributed by atoms with van der Waals surface area (Å²) < 4.78 is 15.4. The molecule has 0 bridgehead atoms. The molecule has 0 unspecified atom stereocenters. The van der Waals surface area contributed by atoms with Gasteiger partial charge in [-0.3, -0.25) is 0 Å². The van der Waals surface area contributed by atoms with E-state index in [9.17, 15) is 0 Å². The Morgan fingerprint density at radius 2 is 0.815 bits per heavy atom. The maximum Gasteiger partial charge on any atom is 2.00 e. The molecule has 1 aromatic heterocycles. The van der Waals surface area contributed by atoms with Crippen LogP contribution >= 0.6 is 23.9 Å². The molecule has 0 spiro atoms. The Morgan fingerprint density at radius 3 is 1.07 bits per heavy atom. The Labute approximate surface area is 185 Å². The van der Waals surface area contributed by atoms with Crippen molar-refractivity contribution in [1.29, 1.82) is 0 Å². The molecule has 4 rings (SSSR count). The zero-order valence-corrected chi connectivity index (χ0v) is 20.1. The molecule has 0 atom stereocenters. The van der Waals surface area contributed by atoms with Crippen LogP contribution in [0.25, 0.3) is 9.44 Å². The first-order chi connectivity index (χ1) is 12.3. The number of aromatic nitrogens is 2. The Kier molecular flexibility index (Phi) is 10.1. The molecular weight excluding hydrogens is 456 g/mol. The minimum atomic E-state index is 0. The molecule has 2 heterocycles. The number of fused-ring (bicyclic) bond motifs is 1. The van der Waals surface area contributed by atoms with E-state index in [4.69, 9.17) is 0 Å². The summed E-state index contributed by atoms with van der Waals surface area (Å²) in [5.41, 5.74) is 8.13. The van der Waals surface area contributed by atoms with E-state index in [0.717, 1.165) is 23.9 Å². The van der Waals surface area contributed by atoms with Crippen molar-refractivity contribution < 1.29 is 21.1 Å². The largest absolute Gasteiger partial charge is 2.00 e. The topological polar surface area (TPSA) is 54.0 Å². The first-order valence-electron chi connectivity index (χ1n) is 8.34. The molecule has 1 aliphatic heterocycles. The van der Waals surface area contributed by atoms with Gasteiger partial charge in [0.2, 0.25) is 0 Å². The van der Waals surface area contributed by atoms with E-state index >= 15 is 0 Å². The van der Waals surface area contributed by atoms with Crippen molar-refractivity contribution in [1.82, 2.24) is 8.75 Å². The van der Waals surface area contributed by atoms with Crippen LogP contribution in [-0.2, 0) is 21.1 Å². The van der Waals surface area contributed by atoms with Crippen LogP contribution in [0.5, 0.6) is 0 Å². The van der Waals surface area contributed by atoms with E-state index in [1.165, 1.54) is 33.4 Å². The van der Waals surface area contributed by atoms with Crippen molar-refractivity contribution >= 4 is 35.5 Å². The van der Waals surface area contributed by atoms with E-state index in [2.05, 4.69) is 96.1 Å². The van der Waals surface area contributed by atoms with E-state index in [0.29, 0.717) is 11.6 Å². The Hall–Kier alpha value is -1.36. The summed E-state index contributed by atoms with van der Waals surface area (Å²) in [6, 6.07) is 13.1. The SMILES string of the molecule is Cc1cc(C)cc(C)c1.Cc1cc(C)cc(C)c1.[Mo+2].n1snc2c1[N-]S[N-]2. The molecule has 0 saturated carbocycles. The smallest absolute Gasteiger partial charge is 0.408 e. The second-order valence-corrected chi connectivity index (χ2v) is 7.56. The number of nitrogens with zero attached hydrogens (tertiary/aromatic N) is 4. The number of rotatable bonds is 0. The van der Waals surface area contributed by atoms with E-state index in [-0.39, 0.29) is 21.1 Å². The van der Waals surface area contributed by atoms with Gasteiger partial charge in [-0.15, -0.1) is 12.1 Å². The third-order valence-corrected chi connectivity index (χ3v) is 4.46. The minimum Gasteiger partial charge on any atom is -0.408 e. The molecule has 4 nitrogen and oxygen atoms in total. The molecule has 0 saturated heterocycles. The molecule has 3 aromatic rings. The molecule has 0 amide bonds. The van der Waals surface area contributed by atoms with Crippen LogP contribution < -0.4 is 0 Å². The Morgan fingerprint density at radius 1 is 0.556 bits per heavy atom. The van der Waals surface area contributed by atoms with Crippen molar-refractivity contribution in [3.8, 4) is 0 Å². The minimum absolute atomic E-state index is 0. The molecular formula is C20H24MoN4S2. The summed E-state index contributed by atoms with van der Waals surface area (Å²) in [4.78, 5) is 0. The summed E-state index contributed by atoms with van der Waals surface area (Å²) >= 11 is 2.28. The third-order valence-electron chi connectivity index (χ3n) is 3.44. The van der Waals surface area contributed by atoms with Gasteiger partial charge in [-0.05, 0) is 53.2 Å². The normalized spacial score (nSPS) is 10.7. The first kappa shape index (κ1) is 23.7. The average Bonchev–Trinajstić information content (AvgIpc) is 3.08. The number of hydrogen-bond donors (Lipinski definition) is 0. The van der Waals surface area contributed by atoms with Gasteiger partial charge in [-0.25, -0.2) is 0 Å². The van der Waals surface area contributed by atoms with E-state index in [1.54, 1.807) is 0 Å². The van der Waals surface area contributed by atoms with Gasteiger partial charge in [0.25, 0.3) is 0 Å². The predicted octanol–water partition coefficient (Wildman–Crippen LogP) is 7.35. The van der Waals surface area contributed by atoms with Gasteiger partial charge in [0, 0.05) is 0 Å². The van der Waals surface area contributed by atoms with Crippen LogP contribution in [0.2, 0.25) is 0 Å². The zero-order chi connectivity index (χ0) is 19.1. The quantitative estimate of drug-likeness (QED) is 0.250.